The van der Waals surface area contributed by atoms with Gasteiger partial charge in [0.2, 0.25) is 0 Å². The van der Waals surface area contributed by atoms with Gasteiger partial charge in [-0.05, 0) is 41.0 Å². The first kappa shape index (κ1) is 147. The van der Waals surface area contributed by atoms with Crippen molar-refractivity contribution in [3.8, 4) is 0 Å². The minimum Gasteiger partial charge on any atom is -0.392 e. The molecule has 0 heterocycles. The fourth-order valence-electron chi connectivity index (χ4n) is 2.75. The third kappa shape index (κ3) is 426. The van der Waals surface area contributed by atoms with Crippen LogP contribution in [0.15, 0.2) is 197 Å². The number of rotatable bonds is 14. The van der Waals surface area contributed by atoms with E-state index in [4.69, 9.17) is 24.1 Å². The summed E-state index contributed by atoms with van der Waals surface area (Å²) in [6.07, 6.45) is 9.50. The highest BCUT2D eigenvalue weighted by Gasteiger charge is 1.75. The maximum Gasteiger partial charge on any atom is 0.0644 e. The van der Waals surface area contributed by atoms with Gasteiger partial charge in [-0.1, -0.05) is 348 Å². The third-order valence-electron chi connectivity index (χ3n) is 5.25. The SMILES string of the molecule is C=CCO.C=CCOCC.C=CCOCC.C=CCOCC.C=CCOCCC.CC.CC.CC.CC.CC.CC.CC.CC.CC.CC.CC.CC.COC.COC.COC.COC.Cc1ccccc1.Cc1ccccc1.c1ccccc1.c1ccccc1. The molecule has 0 aromatic heterocycles. The van der Waals surface area contributed by atoms with Gasteiger partial charge in [0, 0.05) is 83.3 Å². The lowest BCUT2D eigenvalue weighted by Crippen LogP contribution is -1.90. The van der Waals surface area contributed by atoms with Crippen molar-refractivity contribution in [3.63, 3.8) is 0 Å². The van der Waals surface area contributed by atoms with E-state index >= 15 is 0 Å². The molecule has 4 rings (SSSR count). The summed E-state index contributed by atoms with van der Waals surface area (Å²) in [5.41, 5.74) is 2.64. The van der Waals surface area contributed by atoms with Gasteiger partial charge in [-0.2, -0.15) is 0 Å². The van der Waals surface area contributed by atoms with E-state index in [2.05, 4.69) is 96.9 Å². The normalized spacial score (nSPS) is 6.54. The lowest BCUT2D eigenvalue weighted by Gasteiger charge is -1.92. The molecule has 0 radical (unpaired) electrons. The fourth-order valence-corrected chi connectivity index (χ4v) is 2.75. The Morgan fingerprint density at radius 1 is 0.275 bits per heavy atom. The molecule has 0 atom stereocenters. The molecule has 554 valence electrons. The molecular weight excluding hydrogens is 1130 g/mol. The number of aryl methyl sites for hydroxylation is 2. The summed E-state index contributed by atoms with van der Waals surface area (Å²) in [6, 6.07) is 44.5. The van der Waals surface area contributed by atoms with Gasteiger partial charge in [0.05, 0.1) is 33.0 Å². The van der Waals surface area contributed by atoms with Crippen LogP contribution in [0.5, 0.6) is 0 Å². The third-order valence-corrected chi connectivity index (χ3v) is 5.25. The van der Waals surface area contributed by atoms with E-state index < -0.39 is 0 Å². The van der Waals surface area contributed by atoms with Crippen LogP contribution in [0.25, 0.3) is 0 Å². The molecule has 0 saturated heterocycles. The maximum atomic E-state index is 7.76. The van der Waals surface area contributed by atoms with Crippen molar-refractivity contribution < 1.29 is 43.0 Å². The Balaban J connectivity index is -0.0000000301. The number of aliphatic hydroxyl groups excluding tert-OH is 1. The van der Waals surface area contributed by atoms with E-state index in [1.165, 1.54) is 17.2 Å². The van der Waals surface area contributed by atoms with E-state index in [0.717, 1.165) is 32.8 Å². The van der Waals surface area contributed by atoms with Gasteiger partial charge in [0.1, 0.15) is 0 Å². The minimum atomic E-state index is 0.0833. The summed E-state index contributed by atoms with van der Waals surface area (Å²) in [4.78, 5) is 0. The first-order valence-electron chi connectivity index (χ1n) is 34.1. The highest BCUT2D eigenvalue weighted by Crippen LogP contribution is 1.93. The standard InChI is InChI=1S/2C7H8.C6H12O.2C6H6.3C5H10O.C3H6O.4C2H6O.12C2H6/c2*1-7-5-3-2-4-6-7;1-3-5-7-6-4-2;2*1-2-4-6-5-3-1;3*1-3-5-6-4-2;1-2-3-4;4*1-3-2;12*1-2/h2*2-6H,1H3;3H,1,4-6H2,2H3;2*1-6H;3*3H,1,4-5H2,2H3;2,4H,1,3H2;4*1-2H3;12*1-2H3. The molecule has 0 amide bonds. The molecule has 0 saturated carbocycles. The van der Waals surface area contributed by atoms with Crippen molar-refractivity contribution in [1.29, 1.82) is 0 Å². The van der Waals surface area contributed by atoms with E-state index in [9.17, 15) is 0 Å². The average Bonchev–Trinajstić information content (AvgIpc) is 3.70. The zero-order chi connectivity index (χ0) is 77.0. The molecule has 0 unspecified atom stereocenters. The Hall–Kier alpha value is -4.78. The van der Waals surface area contributed by atoms with Gasteiger partial charge in [-0.25, -0.2) is 0 Å². The summed E-state index contributed by atoms with van der Waals surface area (Å²) in [5.74, 6) is 0. The topological polar surface area (TPSA) is 94.1 Å². The first-order chi connectivity index (χ1) is 44.5. The molecule has 0 aliphatic heterocycles. The predicted molar refractivity (Wildman–Crippen MR) is 432 cm³/mol. The second-order valence-electron chi connectivity index (χ2n) is 11.9. The molecule has 0 aliphatic rings. The lowest BCUT2D eigenvalue weighted by atomic mass is 10.2. The van der Waals surface area contributed by atoms with Gasteiger partial charge in [-0.15, -0.1) is 32.9 Å². The van der Waals surface area contributed by atoms with E-state index in [1.54, 1.807) is 81.2 Å². The maximum absolute atomic E-state index is 7.76. The molecule has 4 aromatic carbocycles. The van der Waals surface area contributed by atoms with Crippen molar-refractivity contribution >= 4 is 0 Å². The van der Waals surface area contributed by atoms with Crippen molar-refractivity contribution in [2.45, 2.75) is 214 Å². The van der Waals surface area contributed by atoms with Crippen LogP contribution < -0.4 is 0 Å². The van der Waals surface area contributed by atoms with E-state index in [-0.39, 0.29) is 6.61 Å². The molecule has 0 aliphatic carbocycles. The van der Waals surface area contributed by atoms with Crippen molar-refractivity contribution in [3.05, 3.63) is 208 Å². The summed E-state index contributed by atoms with van der Waals surface area (Å²) in [6.45, 7) is 83.3. The Kier molecular flexibility index (Phi) is 458. The van der Waals surface area contributed by atoms with Crippen LogP contribution >= 0.6 is 0 Å². The van der Waals surface area contributed by atoms with Crippen LogP contribution in [0, 0.1) is 13.8 Å². The summed E-state index contributed by atoms with van der Waals surface area (Å²) in [5, 5.41) is 7.76. The monoisotopic (exact) mass is 1300 g/mol. The fraction of sp³-hybridized carbons (Fsp3) is 0.585. The van der Waals surface area contributed by atoms with Crippen molar-refractivity contribution in [2.75, 3.05) is 116 Å². The zero-order valence-corrected chi connectivity index (χ0v) is 68.9. The number of hydrogen-bond donors (Lipinski definition) is 1. The minimum absolute atomic E-state index is 0.0833. The highest BCUT2D eigenvalue weighted by molar-refractivity contribution is 5.12. The van der Waals surface area contributed by atoms with Crippen molar-refractivity contribution in [2.24, 2.45) is 0 Å². The van der Waals surface area contributed by atoms with Gasteiger partial charge in [0.25, 0.3) is 0 Å². The summed E-state index contributed by atoms with van der Waals surface area (Å²) >= 11 is 0. The predicted octanol–water partition coefficient (Wildman–Crippen LogP) is 26.1. The number of hydrogen-bond acceptors (Lipinski definition) is 9. The van der Waals surface area contributed by atoms with Crippen LogP contribution in [-0.4, -0.2) is 121 Å². The van der Waals surface area contributed by atoms with Crippen LogP contribution in [0.2, 0.25) is 0 Å². The van der Waals surface area contributed by atoms with E-state index in [1.807, 2.05) is 296 Å². The number of aliphatic hydroxyl groups is 1. The molecule has 91 heavy (non-hydrogen) atoms. The Bertz CT molecular complexity index is 1120. The Morgan fingerprint density at radius 2 is 0.407 bits per heavy atom. The highest BCUT2D eigenvalue weighted by atomic mass is 16.5. The molecule has 1 N–H and O–H groups in total. The molecule has 9 heteroatoms. The van der Waals surface area contributed by atoms with Crippen molar-refractivity contribution in [1.82, 2.24) is 0 Å². The van der Waals surface area contributed by atoms with Crippen LogP contribution in [0.1, 0.15) is 211 Å². The van der Waals surface area contributed by atoms with Gasteiger partial charge in [0.15, 0.2) is 0 Å². The summed E-state index contributed by atoms with van der Waals surface area (Å²) in [7, 11) is 13.0. The van der Waals surface area contributed by atoms with Gasteiger partial charge in [-0.3, -0.25) is 0 Å². The molecule has 0 bridgehead atoms. The van der Waals surface area contributed by atoms with E-state index in [0.29, 0.717) is 26.4 Å². The number of methoxy groups -OCH3 is 4. The average molecular weight is 1300 g/mol. The van der Waals surface area contributed by atoms with Crippen LogP contribution in [0.3, 0.4) is 0 Å². The quantitative estimate of drug-likeness (QED) is 0.0978. The Morgan fingerprint density at radius 3 is 0.484 bits per heavy atom. The lowest BCUT2D eigenvalue weighted by molar-refractivity contribution is 0.163. The molecule has 4 aromatic rings. The number of benzene rings is 4. The second-order valence-corrected chi connectivity index (χ2v) is 11.9. The Labute approximate surface area is 578 Å². The van der Waals surface area contributed by atoms with Gasteiger partial charge < -0.3 is 43.0 Å². The molecular formula is C82H172O9. The van der Waals surface area contributed by atoms with Gasteiger partial charge >= 0.3 is 0 Å². The number of ether oxygens (including phenoxy) is 8. The molecule has 0 spiro atoms. The van der Waals surface area contributed by atoms with Crippen LogP contribution in [0.4, 0.5) is 0 Å². The largest absolute Gasteiger partial charge is 0.392 e. The molecule has 9 nitrogen and oxygen atoms in total. The zero-order valence-electron chi connectivity index (χ0n) is 68.9. The molecule has 0 fully saturated rings. The summed E-state index contributed by atoms with van der Waals surface area (Å²) < 4.78 is 36.6. The smallest absolute Gasteiger partial charge is 0.0644 e. The second kappa shape index (κ2) is 283. The van der Waals surface area contributed by atoms with Crippen LogP contribution in [-0.2, 0) is 37.9 Å². The first-order valence-corrected chi connectivity index (χ1v) is 34.1.